The van der Waals surface area contributed by atoms with E-state index in [2.05, 4.69) is 4.74 Å². The lowest BCUT2D eigenvalue weighted by Gasteiger charge is -2.02. The first-order valence-electron chi connectivity index (χ1n) is 4.63. The van der Waals surface area contributed by atoms with Gasteiger partial charge >= 0.3 is 5.97 Å². The number of carbonyl (C=O) groups is 1. The van der Waals surface area contributed by atoms with Gasteiger partial charge in [0.25, 0.3) is 0 Å². The molecule has 14 heavy (non-hydrogen) atoms. The fourth-order valence-electron chi connectivity index (χ4n) is 1.05. The van der Waals surface area contributed by atoms with Gasteiger partial charge in [-0.25, -0.2) is 4.79 Å². The van der Waals surface area contributed by atoms with Crippen LogP contribution in [-0.2, 0) is 9.53 Å². The summed E-state index contributed by atoms with van der Waals surface area (Å²) in [6.45, 7) is 3.89. The molecule has 0 fully saturated rings. The van der Waals surface area contributed by atoms with Gasteiger partial charge in [-0.2, -0.15) is 0 Å². The van der Waals surface area contributed by atoms with E-state index in [0.29, 0.717) is 12.0 Å². The van der Waals surface area contributed by atoms with E-state index < -0.39 is 0 Å². The lowest BCUT2D eigenvalue weighted by atomic mass is 10.1. The van der Waals surface area contributed by atoms with Crippen LogP contribution < -0.4 is 0 Å². The molecule has 3 nitrogen and oxygen atoms in total. The van der Waals surface area contributed by atoms with Crippen LogP contribution in [0.1, 0.15) is 26.7 Å². The Balaban J connectivity index is 4.19. The first-order valence-corrected chi connectivity index (χ1v) is 4.63. The van der Waals surface area contributed by atoms with Gasteiger partial charge in [-0.05, 0) is 32.8 Å². The lowest BCUT2D eigenvalue weighted by molar-refractivity contribution is -0.136. The number of rotatable bonds is 5. The number of allylic oxidation sites excluding steroid dienone is 2. The van der Waals surface area contributed by atoms with Crippen LogP contribution in [0.25, 0.3) is 0 Å². The zero-order valence-electron chi connectivity index (χ0n) is 9.04. The Morgan fingerprint density at radius 3 is 2.43 bits per heavy atom. The minimum atomic E-state index is -0.360. The van der Waals surface area contributed by atoms with Gasteiger partial charge in [-0.3, -0.25) is 0 Å². The number of hydrogen-bond donors (Lipinski definition) is 1. The van der Waals surface area contributed by atoms with Crippen LogP contribution in [0.4, 0.5) is 0 Å². The molecular weight excluding hydrogens is 180 g/mol. The van der Waals surface area contributed by atoms with Gasteiger partial charge in [0.2, 0.25) is 0 Å². The summed E-state index contributed by atoms with van der Waals surface area (Å²) in [5.74, 6) is -0.360. The first-order chi connectivity index (χ1) is 6.61. The molecule has 0 spiro atoms. The Bertz CT molecular complexity index is 235. The van der Waals surface area contributed by atoms with Gasteiger partial charge in [0.05, 0.1) is 13.7 Å². The molecule has 80 valence electrons. The van der Waals surface area contributed by atoms with Gasteiger partial charge in [0.15, 0.2) is 0 Å². The van der Waals surface area contributed by atoms with Gasteiger partial charge in [0.1, 0.15) is 0 Å². The lowest BCUT2D eigenvalue weighted by Crippen LogP contribution is -2.05. The normalized spacial score (nSPS) is 11.0. The third-order valence-corrected chi connectivity index (χ3v) is 1.75. The van der Waals surface area contributed by atoms with Crippen molar-refractivity contribution in [3.05, 3.63) is 23.3 Å². The fourth-order valence-corrected chi connectivity index (χ4v) is 1.05. The SMILES string of the molecule is COC(=O)C(=CCO)CCC=C(C)C. The molecule has 0 radical (unpaired) electrons. The van der Waals surface area contributed by atoms with Gasteiger partial charge < -0.3 is 9.84 Å². The molecule has 0 aliphatic rings. The predicted molar refractivity (Wildman–Crippen MR) is 55.8 cm³/mol. The number of carbonyl (C=O) groups excluding carboxylic acids is 1. The van der Waals surface area contributed by atoms with E-state index in [1.165, 1.54) is 18.8 Å². The Morgan fingerprint density at radius 2 is 2.00 bits per heavy atom. The molecule has 0 bridgehead atoms. The van der Waals surface area contributed by atoms with Gasteiger partial charge in [0, 0.05) is 5.57 Å². The predicted octanol–water partition coefficient (Wildman–Crippen LogP) is 1.82. The number of methoxy groups -OCH3 is 1. The Morgan fingerprint density at radius 1 is 1.36 bits per heavy atom. The number of hydrogen-bond acceptors (Lipinski definition) is 3. The van der Waals surface area contributed by atoms with Crippen molar-refractivity contribution >= 4 is 5.97 Å². The van der Waals surface area contributed by atoms with E-state index >= 15 is 0 Å². The molecule has 0 heterocycles. The Labute approximate surface area is 85.1 Å². The summed E-state index contributed by atoms with van der Waals surface area (Å²) in [7, 11) is 1.34. The van der Waals surface area contributed by atoms with Crippen LogP contribution in [0, 0.1) is 0 Å². The highest BCUT2D eigenvalue weighted by Crippen LogP contribution is 2.08. The van der Waals surface area contributed by atoms with Crippen LogP contribution in [-0.4, -0.2) is 24.8 Å². The molecule has 0 aliphatic carbocycles. The Kier molecular flexibility index (Phi) is 6.76. The summed E-state index contributed by atoms with van der Waals surface area (Å²) in [6, 6.07) is 0. The maximum Gasteiger partial charge on any atom is 0.333 e. The second-order valence-corrected chi connectivity index (χ2v) is 3.22. The molecule has 0 rings (SSSR count). The van der Waals surface area contributed by atoms with Crippen molar-refractivity contribution in [3.63, 3.8) is 0 Å². The molecule has 1 N–H and O–H groups in total. The standard InChI is InChI=1S/C11H18O3/c1-9(2)5-4-6-10(7-8-12)11(13)14-3/h5,7,12H,4,6,8H2,1-3H3. The average molecular weight is 198 g/mol. The molecule has 0 aliphatic heterocycles. The highest BCUT2D eigenvalue weighted by atomic mass is 16.5. The van der Waals surface area contributed by atoms with E-state index in [0.717, 1.165) is 6.42 Å². The monoisotopic (exact) mass is 198 g/mol. The third kappa shape index (κ3) is 5.54. The largest absolute Gasteiger partial charge is 0.466 e. The Hall–Kier alpha value is -1.09. The number of ether oxygens (including phenoxy) is 1. The van der Waals surface area contributed by atoms with Crippen LogP contribution in [0.2, 0.25) is 0 Å². The van der Waals surface area contributed by atoms with Crippen molar-refractivity contribution in [2.75, 3.05) is 13.7 Å². The second kappa shape index (κ2) is 7.33. The molecule has 0 aromatic rings. The van der Waals surface area contributed by atoms with Crippen molar-refractivity contribution in [2.45, 2.75) is 26.7 Å². The zero-order chi connectivity index (χ0) is 11.0. The van der Waals surface area contributed by atoms with Crippen LogP contribution >= 0.6 is 0 Å². The molecule has 0 aromatic heterocycles. The van der Waals surface area contributed by atoms with E-state index in [9.17, 15) is 4.79 Å². The fraction of sp³-hybridized carbons (Fsp3) is 0.545. The molecule has 0 amide bonds. The summed E-state index contributed by atoms with van der Waals surface area (Å²) in [6.07, 6.45) is 4.94. The van der Waals surface area contributed by atoms with Crippen molar-refractivity contribution in [1.29, 1.82) is 0 Å². The van der Waals surface area contributed by atoms with Crippen LogP contribution in [0.5, 0.6) is 0 Å². The van der Waals surface area contributed by atoms with Gasteiger partial charge in [-0.15, -0.1) is 0 Å². The first kappa shape index (κ1) is 12.9. The third-order valence-electron chi connectivity index (χ3n) is 1.75. The number of esters is 1. The summed E-state index contributed by atoms with van der Waals surface area (Å²) < 4.78 is 4.58. The summed E-state index contributed by atoms with van der Waals surface area (Å²) >= 11 is 0. The number of aliphatic hydroxyl groups is 1. The highest BCUT2D eigenvalue weighted by molar-refractivity contribution is 5.88. The minimum Gasteiger partial charge on any atom is -0.466 e. The maximum absolute atomic E-state index is 11.2. The highest BCUT2D eigenvalue weighted by Gasteiger charge is 2.07. The van der Waals surface area contributed by atoms with E-state index in [1.54, 1.807) is 0 Å². The molecule has 0 unspecified atom stereocenters. The molecule has 0 saturated carbocycles. The molecule has 0 aromatic carbocycles. The van der Waals surface area contributed by atoms with Crippen LogP contribution in [0.15, 0.2) is 23.3 Å². The van der Waals surface area contributed by atoms with Crippen molar-refractivity contribution in [1.82, 2.24) is 0 Å². The summed E-state index contributed by atoms with van der Waals surface area (Å²) in [5.41, 5.74) is 1.76. The van der Waals surface area contributed by atoms with Crippen LogP contribution in [0.3, 0.4) is 0 Å². The molecular formula is C11H18O3. The van der Waals surface area contributed by atoms with E-state index in [1.807, 2.05) is 19.9 Å². The molecule has 0 saturated heterocycles. The smallest absolute Gasteiger partial charge is 0.333 e. The van der Waals surface area contributed by atoms with Crippen molar-refractivity contribution < 1.29 is 14.6 Å². The van der Waals surface area contributed by atoms with Crippen molar-refractivity contribution in [3.8, 4) is 0 Å². The van der Waals surface area contributed by atoms with E-state index in [4.69, 9.17) is 5.11 Å². The second-order valence-electron chi connectivity index (χ2n) is 3.22. The maximum atomic E-state index is 11.2. The quantitative estimate of drug-likeness (QED) is 0.416. The molecule has 0 atom stereocenters. The summed E-state index contributed by atoms with van der Waals surface area (Å²) in [4.78, 5) is 11.2. The van der Waals surface area contributed by atoms with Crippen molar-refractivity contribution in [2.24, 2.45) is 0 Å². The summed E-state index contributed by atoms with van der Waals surface area (Å²) in [5, 5.41) is 8.69. The molecule has 3 heteroatoms. The van der Waals surface area contributed by atoms with E-state index in [-0.39, 0.29) is 12.6 Å². The zero-order valence-corrected chi connectivity index (χ0v) is 9.04. The number of aliphatic hydroxyl groups excluding tert-OH is 1. The van der Waals surface area contributed by atoms with Gasteiger partial charge in [-0.1, -0.05) is 11.6 Å². The topological polar surface area (TPSA) is 46.5 Å². The minimum absolute atomic E-state index is 0.126. The average Bonchev–Trinajstić information content (AvgIpc) is 2.15.